The zero-order valence-corrected chi connectivity index (χ0v) is 7.15. The molecule has 0 aromatic rings. The lowest BCUT2D eigenvalue weighted by atomic mass is 10.2. The van der Waals surface area contributed by atoms with Crippen molar-refractivity contribution >= 4 is 30.0 Å². The maximum Gasteiger partial charge on any atom is 0.320 e. The normalized spacial score (nSPS) is 15.1. The van der Waals surface area contributed by atoms with E-state index >= 15 is 0 Å². The second-order valence-electron chi connectivity index (χ2n) is 1.96. The van der Waals surface area contributed by atoms with Gasteiger partial charge in [0.25, 0.3) is 0 Å². The largest absolute Gasteiger partial charge is 0.480 e. The highest BCUT2D eigenvalue weighted by molar-refractivity contribution is 6.20. The number of hydrogen-bond donors (Lipinski definition) is 2. The minimum absolute atomic E-state index is 0. The van der Waals surface area contributed by atoms with Crippen molar-refractivity contribution in [1.82, 2.24) is 0 Å². The van der Waals surface area contributed by atoms with Crippen LogP contribution in [0.3, 0.4) is 0 Å². The number of aliphatic carboxylic acids is 1. The molecule has 3 nitrogen and oxygen atoms in total. The summed E-state index contributed by atoms with van der Waals surface area (Å²) in [6.45, 7) is 1.71. The van der Waals surface area contributed by atoms with Crippen LogP contribution in [0.2, 0.25) is 0 Å². The summed E-state index contributed by atoms with van der Waals surface area (Å²) in [5.41, 5.74) is 5.13. The standard InChI is InChI=1S/C5H10ClNO2.ClH/c1-3(6)2-4(7)5(8)9;/h3-4H,2,7H2,1H3,(H,8,9);1H/t3-,4-;/m0./s1. The Hall–Kier alpha value is 0.01000. The summed E-state index contributed by atoms with van der Waals surface area (Å²) in [7, 11) is 0. The summed E-state index contributed by atoms with van der Waals surface area (Å²) in [6, 6.07) is -0.822. The fraction of sp³-hybridized carbons (Fsp3) is 0.800. The van der Waals surface area contributed by atoms with Gasteiger partial charge < -0.3 is 10.8 Å². The second-order valence-corrected chi connectivity index (χ2v) is 2.71. The molecule has 0 heterocycles. The van der Waals surface area contributed by atoms with Crippen molar-refractivity contribution in [3.8, 4) is 0 Å². The van der Waals surface area contributed by atoms with Crippen molar-refractivity contribution in [3.63, 3.8) is 0 Å². The van der Waals surface area contributed by atoms with E-state index in [2.05, 4.69) is 0 Å². The molecule has 0 fully saturated rings. The third kappa shape index (κ3) is 6.13. The molecule has 0 spiro atoms. The van der Waals surface area contributed by atoms with Crippen LogP contribution in [-0.2, 0) is 4.79 Å². The van der Waals surface area contributed by atoms with E-state index in [0.717, 1.165) is 0 Å². The molecule has 5 heteroatoms. The molecule has 0 aliphatic carbocycles. The first-order valence-electron chi connectivity index (χ1n) is 2.66. The number of hydrogen-bond acceptors (Lipinski definition) is 2. The fourth-order valence-corrected chi connectivity index (χ4v) is 0.643. The van der Waals surface area contributed by atoms with Gasteiger partial charge in [-0.15, -0.1) is 24.0 Å². The van der Waals surface area contributed by atoms with Gasteiger partial charge in [0.2, 0.25) is 0 Å². The van der Waals surface area contributed by atoms with Gasteiger partial charge in [0.15, 0.2) is 0 Å². The Morgan fingerprint density at radius 1 is 1.80 bits per heavy atom. The molecule has 0 amide bonds. The Morgan fingerprint density at radius 2 is 2.20 bits per heavy atom. The molecule has 0 rings (SSSR count). The van der Waals surface area contributed by atoms with Crippen LogP contribution < -0.4 is 5.73 Å². The van der Waals surface area contributed by atoms with Crippen LogP contribution in [0.15, 0.2) is 0 Å². The van der Waals surface area contributed by atoms with Crippen LogP contribution >= 0.6 is 24.0 Å². The number of carboxylic acids is 1. The molecule has 10 heavy (non-hydrogen) atoms. The fourth-order valence-electron chi connectivity index (χ4n) is 0.451. The topological polar surface area (TPSA) is 63.3 Å². The van der Waals surface area contributed by atoms with E-state index in [1.54, 1.807) is 6.92 Å². The van der Waals surface area contributed by atoms with E-state index in [1.165, 1.54) is 0 Å². The molecular formula is C5H11Cl2NO2. The lowest BCUT2D eigenvalue weighted by Crippen LogP contribution is -2.31. The third-order valence-electron chi connectivity index (χ3n) is 0.896. The van der Waals surface area contributed by atoms with E-state index in [4.69, 9.17) is 22.4 Å². The number of carbonyl (C=O) groups is 1. The summed E-state index contributed by atoms with van der Waals surface area (Å²) in [6.07, 6.45) is 0.316. The van der Waals surface area contributed by atoms with E-state index in [0.29, 0.717) is 6.42 Å². The van der Waals surface area contributed by atoms with Gasteiger partial charge in [-0.1, -0.05) is 0 Å². The summed E-state index contributed by atoms with van der Waals surface area (Å²) in [5.74, 6) is -0.998. The minimum atomic E-state index is -0.998. The zero-order chi connectivity index (χ0) is 7.44. The Labute approximate surface area is 71.0 Å². The molecule has 62 valence electrons. The van der Waals surface area contributed by atoms with Crippen molar-refractivity contribution < 1.29 is 9.90 Å². The van der Waals surface area contributed by atoms with Crippen molar-refractivity contribution in [2.75, 3.05) is 0 Å². The van der Waals surface area contributed by atoms with Gasteiger partial charge in [-0.05, 0) is 13.3 Å². The lowest BCUT2D eigenvalue weighted by molar-refractivity contribution is -0.138. The molecule has 0 aliphatic rings. The van der Waals surface area contributed by atoms with Gasteiger partial charge in [-0.2, -0.15) is 0 Å². The van der Waals surface area contributed by atoms with Crippen LogP contribution in [0, 0.1) is 0 Å². The molecular weight excluding hydrogens is 177 g/mol. The monoisotopic (exact) mass is 187 g/mol. The third-order valence-corrected chi connectivity index (χ3v) is 1.07. The summed E-state index contributed by atoms with van der Waals surface area (Å²) >= 11 is 5.47. The van der Waals surface area contributed by atoms with Gasteiger partial charge in [-0.25, -0.2) is 0 Å². The minimum Gasteiger partial charge on any atom is -0.480 e. The molecule has 3 N–H and O–H groups in total. The molecule has 0 unspecified atom stereocenters. The highest BCUT2D eigenvalue weighted by Crippen LogP contribution is 2.02. The van der Waals surface area contributed by atoms with E-state index in [9.17, 15) is 4.79 Å². The van der Waals surface area contributed by atoms with Crippen molar-refractivity contribution in [1.29, 1.82) is 0 Å². The average Bonchev–Trinajstić information content (AvgIpc) is 1.63. The maximum atomic E-state index is 10.1. The first kappa shape index (κ1) is 12.7. The molecule has 0 bridgehead atoms. The predicted molar refractivity (Wildman–Crippen MR) is 42.8 cm³/mol. The van der Waals surface area contributed by atoms with Crippen LogP contribution in [0.4, 0.5) is 0 Å². The van der Waals surface area contributed by atoms with Crippen LogP contribution in [-0.4, -0.2) is 22.5 Å². The highest BCUT2D eigenvalue weighted by atomic mass is 35.5. The van der Waals surface area contributed by atoms with Gasteiger partial charge in [0.1, 0.15) is 6.04 Å². The van der Waals surface area contributed by atoms with Crippen LogP contribution in [0.5, 0.6) is 0 Å². The molecule has 0 aliphatic heterocycles. The quantitative estimate of drug-likeness (QED) is 0.645. The molecule has 2 atom stereocenters. The summed E-state index contributed by atoms with van der Waals surface area (Å²) in [4.78, 5) is 10.1. The van der Waals surface area contributed by atoms with Crippen molar-refractivity contribution in [2.24, 2.45) is 5.73 Å². The van der Waals surface area contributed by atoms with Crippen molar-refractivity contribution in [3.05, 3.63) is 0 Å². The van der Waals surface area contributed by atoms with Crippen molar-refractivity contribution in [2.45, 2.75) is 24.8 Å². The number of nitrogens with two attached hydrogens (primary N) is 1. The van der Waals surface area contributed by atoms with E-state index in [-0.39, 0.29) is 17.8 Å². The first-order valence-corrected chi connectivity index (χ1v) is 3.10. The molecule has 0 radical (unpaired) electrons. The summed E-state index contributed by atoms with van der Waals surface area (Å²) in [5, 5.41) is 8.08. The zero-order valence-electron chi connectivity index (χ0n) is 5.58. The van der Waals surface area contributed by atoms with E-state index < -0.39 is 12.0 Å². The molecule has 0 aromatic heterocycles. The molecule has 0 aromatic carbocycles. The Balaban J connectivity index is 0. The molecule has 0 saturated carbocycles. The van der Waals surface area contributed by atoms with E-state index in [1.807, 2.05) is 0 Å². The number of halogens is 2. The SMILES string of the molecule is C[C@H](Cl)C[C@H](N)C(=O)O.Cl. The van der Waals surface area contributed by atoms with Gasteiger partial charge in [0.05, 0.1) is 0 Å². The van der Waals surface area contributed by atoms with Crippen LogP contribution in [0.1, 0.15) is 13.3 Å². The number of alkyl halides is 1. The Bertz CT molecular complexity index is 108. The lowest BCUT2D eigenvalue weighted by Gasteiger charge is -2.05. The number of rotatable bonds is 3. The maximum absolute atomic E-state index is 10.1. The molecule has 0 saturated heterocycles. The average molecular weight is 188 g/mol. The smallest absolute Gasteiger partial charge is 0.320 e. The first-order chi connectivity index (χ1) is 4.04. The van der Waals surface area contributed by atoms with Gasteiger partial charge in [-0.3, -0.25) is 4.79 Å². The van der Waals surface area contributed by atoms with Gasteiger partial charge >= 0.3 is 5.97 Å². The number of carboxylic acid groups (broad SMARTS) is 1. The second kappa shape index (κ2) is 5.77. The van der Waals surface area contributed by atoms with Crippen LogP contribution in [0.25, 0.3) is 0 Å². The Kier molecular flexibility index (Phi) is 7.31. The predicted octanol–water partition coefficient (Wildman–Crippen LogP) is 0.837. The van der Waals surface area contributed by atoms with Gasteiger partial charge in [0, 0.05) is 5.38 Å². The summed E-state index contributed by atoms with van der Waals surface area (Å²) < 4.78 is 0. The highest BCUT2D eigenvalue weighted by Gasteiger charge is 2.13. The Morgan fingerprint density at radius 3 is 2.30 bits per heavy atom.